The van der Waals surface area contributed by atoms with Crippen molar-refractivity contribution in [3.63, 3.8) is 0 Å². The van der Waals surface area contributed by atoms with E-state index in [0.717, 1.165) is 43.6 Å². The maximum atomic E-state index is 5.94. The second kappa shape index (κ2) is 9.30. The van der Waals surface area contributed by atoms with Gasteiger partial charge in [0.15, 0.2) is 11.8 Å². The van der Waals surface area contributed by atoms with Crippen molar-refractivity contribution < 1.29 is 4.74 Å². The SMILES string of the molecule is Cc1nnc(CN=C(NCCc2cccs2)NC2C3CCOC3C2(C)C)n1C.I. The smallest absolute Gasteiger partial charge is 0.191 e. The van der Waals surface area contributed by atoms with Gasteiger partial charge in [0.2, 0.25) is 0 Å². The van der Waals surface area contributed by atoms with Gasteiger partial charge in [0, 0.05) is 42.5 Å². The van der Waals surface area contributed by atoms with Crippen molar-refractivity contribution in [2.45, 2.75) is 52.3 Å². The van der Waals surface area contributed by atoms with Crippen LogP contribution in [-0.2, 0) is 24.8 Å². The van der Waals surface area contributed by atoms with Crippen LogP contribution in [-0.4, -0.2) is 46.0 Å². The molecule has 3 heterocycles. The number of guanidine groups is 1. The third kappa shape index (κ3) is 4.61. The third-order valence-electron chi connectivity index (χ3n) is 6.20. The Morgan fingerprint density at radius 2 is 2.24 bits per heavy atom. The zero-order valence-electron chi connectivity index (χ0n) is 17.5. The van der Waals surface area contributed by atoms with Crippen molar-refractivity contribution in [3.05, 3.63) is 34.0 Å². The molecule has 0 radical (unpaired) electrons. The quantitative estimate of drug-likeness (QED) is 0.342. The molecule has 1 saturated heterocycles. The zero-order chi connectivity index (χ0) is 19.7. The molecule has 0 amide bonds. The number of nitrogens with one attached hydrogen (secondary N) is 2. The molecule has 1 aliphatic heterocycles. The fourth-order valence-electron chi connectivity index (χ4n) is 4.41. The summed E-state index contributed by atoms with van der Waals surface area (Å²) in [7, 11) is 1.98. The van der Waals surface area contributed by atoms with Crippen molar-refractivity contribution >= 4 is 41.3 Å². The summed E-state index contributed by atoms with van der Waals surface area (Å²) in [6.45, 7) is 8.74. The highest BCUT2D eigenvalue weighted by molar-refractivity contribution is 14.0. The minimum atomic E-state index is 0. The lowest BCUT2D eigenvalue weighted by atomic mass is 9.57. The molecule has 1 aliphatic carbocycles. The van der Waals surface area contributed by atoms with Crippen LogP contribution in [0, 0.1) is 18.3 Å². The number of thiophene rings is 1. The predicted molar refractivity (Wildman–Crippen MR) is 127 cm³/mol. The van der Waals surface area contributed by atoms with Crippen molar-refractivity contribution in [2.24, 2.45) is 23.4 Å². The molecule has 1 saturated carbocycles. The van der Waals surface area contributed by atoms with Crippen molar-refractivity contribution in [2.75, 3.05) is 13.2 Å². The number of aryl methyl sites for hydroxylation is 1. The first-order valence-electron chi connectivity index (χ1n) is 10.0. The van der Waals surface area contributed by atoms with Crippen LogP contribution in [0.15, 0.2) is 22.5 Å². The summed E-state index contributed by atoms with van der Waals surface area (Å²) in [5, 5.41) is 17.7. The first-order valence-corrected chi connectivity index (χ1v) is 10.9. The number of fused-ring (bicyclic) bond motifs is 1. The Bertz CT molecular complexity index is 834. The standard InChI is InChI=1S/C20H30N6OS.HI/c1-13-24-25-16(26(13)4)12-22-19(21-9-7-14-6-5-11-28-14)23-17-15-8-10-27-18(15)20(17,2)3;/h5-6,11,15,17-18H,7-10,12H2,1-4H3,(H2,21,22,23);1H. The normalized spacial score (nSPS) is 25.1. The molecular weight excluding hydrogens is 499 g/mol. The molecule has 2 N–H and O–H groups in total. The molecule has 7 nitrogen and oxygen atoms in total. The number of aliphatic imine (C=N–C) groups is 1. The lowest BCUT2D eigenvalue weighted by molar-refractivity contribution is -0.106. The Balaban J connectivity index is 0.00000240. The van der Waals surface area contributed by atoms with Crippen LogP contribution in [0.4, 0.5) is 0 Å². The van der Waals surface area contributed by atoms with Gasteiger partial charge >= 0.3 is 0 Å². The van der Waals surface area contributed by atoms with Gasteiger partial charge in [-0.3, -0.25) is 0 Å². The number of nitrogens with zero attached hydrogens (tertiary/aromatic N) is 4. The summed E-state index contributed by atoms with van der Waals surface area (Å²) < 4.78 is 7.92. The third-order valence-corrected chi connectivity index (χ3v) is 7.13. The van der Waals surface area contributed by atoms with Crippen LogP contribution in [0.25, 0.3) is 0 Å². The van der Waals surface area contributed by atoms with Gasteiger partial charge in [0.05, 0.1) is 6.10 Å². The monoisotopic (exact) mass is 530 g/mol. The van der Waals surface area contributed by atoms with E-state index in [1.54, 1.807) is 11.3 Å². The molecule has 2 fully saturated rings. The summed E-state index contributed by atoms with van der Waals surface area (Å²) >= 11 is 1.79. The van der Waals surface area contributed by atoms with Gasteiger partial charge in [-0.2, -0.15) is 0 Å². The van der Waals surface area contributed by atoms with E-state index in [2.05, 4.69) is 52.2 Å². The highest BCUT2D eigenvalue weighted by atomic mass is 127. The van der Waals surface area contributed by atoms with Gasteiger partial charge in [-0.1, -0.05) is 19.9 Å². The molecular formula is C20H31IN6OS. The number of aromatic nitrogens is 3. The Morgan fingerprint density at radius 1 is 1.41 bits per heavy atom. The summed E-state index contributed by atoms with van der Waals surface area (Å²) in [5.74, 6) is 3.18. The molecule has 0 aromatic carbocycles. The molecule has 9 heteroatoms. The van der Waals surface area contributed by atoms with E-state index in [0.29, 0.717) is 24.6 Å². The average Bonchev–Trinajstić information content (AvgIpc) is 3.40. The number of hydrogen-bond donors (Lipinski definition) is 2. The second-order valence-corrected chi connectivity index (χ2v) is 9.36. The molecule has 2 aromatic rings. The van der Waals surface area contributed by atoms with E-state index in [1.807, 2.05) is 18.5 Å². The number of halogens is 1. The average molecular weight is 530 g/mol. The minimum Gasteiger partial charge on any atom is -0.377 e. The van der Waals surface area contributed by atoms with Gasteiger partial charge in [0.25, 0.3) is 0 Å². The highest BCUT2D eigenvalue weighted by Gasteiger charge is 2.59. The van der Waals surface area contributed by atoms with Crippen LogP contribution in [0.2, 0.25) is 0 Å². The Labute approximate surface area is 193 Å². The van der Waals surface area contributed by atoms with E-state index in [-0.39, 0.29) is 29.4 Å². The van der Waals surface area contributed by atoms with Gasteiger partial charge < -0.3 is 19.9 Å². The number of rotatable bonds is 6. The Hall–Kier alpha value is -1.20. The van der Waals surface area contributed by atoms with Crippen LogP contribution in [0.1, 0.15) is 36.8 Å². The first-order chi connectivity index (χ1) is 13.5. The van der Waals surface area contributed by atoms with Crippen LogP contribution in [0.5, 0.6) is 0 Å². The highest BCUT2D eigenvalue weighted by Crippen LogP contribution is 2.52. The zero-order valence-corrected chi connectivity index (χ0v) is 20.7. The summed E-state index contributed by atoms with van der Waals surface area (Å²) in [6.07, 6.45) is 2.47. The predicted octanol–water partition coefficient (Wildman–Crippen LogP) is 2.89. The molecule has 0 bridgehead atoms. The molecule has 4 rings (SSSR count). The van der Waals surface area contributed by atoms with Crippen LogP contribution < -0.4 is 10.6 Å². The van der Waals surface area contributed by atoms with E-state index in [1.165, 1.54) is 4.88 Å². The molecule has 3 atom stereocenters. The summed E-state index contributed by atoms with van der Waals surface area (Å²) in [4.78, 5) is 6.20. The van der Waals surface area contributed by atoms with Crippen LogP contribution in [0.3, 0.4) is 0 Å². The maximum absolute atomic E-state index is 5.94. The van der Waals surface area contributed by atoms with Gasteiger partial charge in [-0.25, -0.2) is 4.99 Å². The first kappa shape index (κ1) is 22.5. The molecule has 2 aliphatic rings. The Kier molecular flexibility index (Phi) is 7.21. The number of ether oxygens (including phenoxy) is 1. The lowest BCUT2D eigenvalue weighted by Gasteiger charge is -2.54. The fraction of sp³-hybridized carbons (Fsp3) is 0.650. The maximum Gasteiger partial charge on any atom is 0.191 e. The Morgan fingerprint density at radius 3 is 2.93 bits per heavy atom. The van der Waals surface area contributed by atoms with Crippen LogP contribution >= 0.6 is 35.3 Å². The van der Waals surface area contributed by atoms with E-state index in [9.17, 15) is 0 Å². The molecule has 2 aromatic heterocycles. The van der Waals surface area contributed by atoms with Crippen molar-refractivity contribution in [1.29, 1.82) is 0 Å². The fourth-order valence-corrected chi connectivity index (χ4v) is 5.12. The summed E-state index contributed by atoms with van der Waals surface area (Å²) in [5.41, 5.74) is 0.110. The summed E-state index contributed by atoms with van der Waals surface area (Å²) in [6, 6.07) is 4.64. The second-order valence-electron chi connectivity index (χ2n) is 8.33. The van der Waals surface area contributed by atoms with E-state index >= 15 is 0 Å². The van der Waals surface area contributed by atoms with Crippen molar-refractivity contribution in [3.8, 4) is 0 Å². The lowest BCUT2D eigenvalue weighted by Crippen LogP contribution is -2.68. The topological polar surface area (TPSA) is 76.4 Å². The van der Waals surface area contributed by atoms with Gasteiger partial charge in [0.1, 0.15) is 12.4 Å². The molecule has 29 heavy (non-hydrogen) atoms. The van der Waals surface area contributed by atoms with Gasteiger partial charge in [-0.05, 0) is 31.2 Å². The van der Waals surface area contributed by atoms with E-state index < -0.39 is 0 Å². The largest absolute Gasteiger partial charge is 0.377 e. The van der Waals surface area contributed by atoms with Crippen molar-refractivity contribution in [1.82, 2.24) is 25.4 Å². The van der Waals surface area contributed by atoms with Gasteiger partial charge in [-0.15, -0.1) is 45.5 Å². The minimum absolute atomic E-state index is 0. The molecule has 3 unspecified atom stereocenters. The van der Waals surface area contributed by atoms with E-state index in [4.69, 9.17) is 9.73 Å². The number of hydrogen-bond acceptors (Lipinski definition) is 5. The molecule has 0 spiro atoms. The molecule has 160 valence electrons.